The number of methoxy groups -OCH3 is 1. The number of esters is 1. The van der Waals surface area contributed by atoms with Gasteiger partial charge in [-0.3, -0.25) is 4.79 Å². The van der Waals surface area contributed by atoms with Gasteiger partial charge in [0.05, 0.1) is 12.1 Å². The van der Waals surface area contributed by atoms with Crippen LogP contribution in [0.25, 0.3) is 10.4 Å². The lowest BCUT2D eigenvalue weighted by Crippen LogP contribution is -2.22. The van der Waals surface area contributed by atoms with Crippen molar-refractivity contribution in [3.63, 3.8) is 0 Å². The van der Waals surface area contributed by atoms with Crippen LogP contribution in [0.15, 0.2) is 23.3 Å². The summed E-state index contributed by atoms with van der Waals surface area (Å²) in [6.45, 7) is 0. The minimum atomic E-state index is -0.939. The average molecular weight is 256 g/mol. The van der Waals surface area contributed by atoms with Crippen molar-refractivity contribution in [2.24, 2.45) is 5.11 Å². The van der Waals surface area contributed by atoms with Gasteiger partial charge in [-0.25, -0.2) is 0 Å². The van der Waals surface area contributed by atoms with Crippen LogP contribution in [0.1, 0.15) is 5.56 Å². The first kappa shape index (κ1) is 13.2. The van der Waals surface area contributed by atoms with Crippen LogP contribution in [0, 0.1) is 0 Å². The van der Waals surface area contributed by atoms with E-state index in [9.17, 15) is 9.90 Å². The summed E-state index contributed by atoms with van der Waals surface area (Å²) in [5.41, 5.74) is 9.00. The molecule has 0 spiro atoms. The number of ether oxygens (including phenoxy) is 1. The van der Waals surface area contributed by atoms with Crippen molar-refractivity contribution < 1.29 is 14.6 Å². The van der Waals surface area contributed by atoms with E-state index in [1.807, 2.05) is 0 Å². The average Bonchev–Trinajstić information content (AvgIpc) is 2.32. The Hall–Kier alpha value is -1.91. The van der Waals surface area contributed by atoms with E-state index < -0.39 is 12.0 Å². The Morgan fingerprint density at radius 2 is 2.41 bits per heavy atom. The Labute approximate surface area is 102 Å². The fourth-order valence-corrected chi connectivity index (χ4v) is 1.47. The lowest BCUT2D eigenvalue weighted by molar-refractivity contribution is -0.142. The van der Waals surface area contributed by atoms with Crippen LogP contribution in [0.4, 0.5) is 0 Å². The first-order chi connectivity index (χ1) is 8.08. The second-order valence-electron chi connectivity index (χ2n) is 3.23. The summed E-state index contributed by atoms with van der Waals surface area (Å²) in [4.78, 5) is 13.9. The minimum Gasteiger partial charge on any atom is -0.506 e. The quantitative estimate of drug-likeness (QED) is 0.387. The summed E-state index contributed by atoms with van der Waals surface area (Å²) in [5, 5.41) is 12.7. The molecule has 90 valence electrons. The number of nitrogens with zero attached hydrogens (tertiary/aromatic N) is 3. The van der Waals surface area contributed by atoms with Gasteiger partial charge in [0, 0.05) is 4.91 Å². The van der Waals surface area contributed by atoms with Crippen LogP contribution in [0.3, 0.4) is 0 Å². The van der Waals surface area contributed by atoms with E-state index in [1.54, 1.807) is 6.07 Å². The number of azide groups is 1. The molecule has 1 aromatic carbocycles. The highest BCUT2D eigenvalue weighted by molar-refractivity contribution is 6.32. The summed E-state index contributed by atoms with van der Waals surface area (Å²) in [6, 6.07) is 3.55. The lowest BCUT2D eigenvalue weighted by Gasteiger charge is -2.09. The molecule has 0 radical (unpaired) electrons. The molecule has 17 heavy (non-hydrogen) atoms. The maximum atomic E-state index is 11.3. The Balaban J connectivity index is 2.89. The zero-order valence-electron chi connectivity index (χ0n) is 9.00. The van der Waals surface area contributed by atoms with Crippen molar-refractivity contribution >= 4 is 17.6 Å². The van der Waals surface area contributed by atoms with Gasteiger partial charge in [-0.2, -0.15) is 0 Å². The number of carbonyl (C=O) groups excluding carboxylic acids is 1. The highest BCUT2D eigenvalue weighted by atomic mass is 35.5. The summed E-state index contributed by atoms with van der Waals surface area (Å²) in [7, 11) is 1.21. The molecule has 1 rings (SSSR count). The molecule has 1 N–H and O–H groups in total. The van der Waals surface area contributed by atoms with Gasteiger partial charge in [-0.05, 0) is 29.6 Å². The molecule has 6 nitrogen and oxygen atoms in total. The van der Waals surface area contributed by atoms with Crippen LogP contribution in [0.5, 0.6) is 5.75 Å². The van der Waals surface area contributed by atoms with E-state index in [1.165, 1.54) is 19.2 Å². The van der Waals surface area contributed by atoms with Gasteiger partial charge in [0.15, 0.2) is 0 Å². The largest absolute Gasteiger partial charge is 0.506 e. The Kier molecular flexibility index (Phi) is 4.63. The SMILES string of the molecule is COC(=O)C(Cc1ccc(O)c(Cl)c1)N=[N+]=[N-]. The molecule has 0 fully saturated rings. The van der Waals surface area contributed by atoms with E-state index in [4.69, 9.17) is 17.1 Å². The van der Waals surface area contributed by atoms with Crippen molar-refractivity contribution in [3.05, 3.63) is 39.2 Å². The maximum absolute atomic E-state index is 11.3. The highest BCUT2D eigenvalue weighted by Gasteiger charge is 2.18. The molecule has 1 atom stereocenters. The number of phenols is 1. The minimum absolute atomic E-state index is 0.0474. The fraction of sp³-hybridized carbons (Fsp3) is 0.300. The van der Waals surface area contributed by atoms with E-state index in [2.05, 4.69) is 14.8 Å². The second-order valence-corrected chi connectivity index (χ2v) is 3.64. The molecule has 0 aliphatic rings. The lowest BCUT2D eigenvalue weighted by atomic mass is 10.1. The molecular weight excluding hydrogens is 246 g/mol. The zero-order valence-corrected chi connectivity index (χ0v) is 9.76. The van der Waals surface area contributed by atoms with Crippen LogP contribution in [-0.2, 0) is 16.0 Å². The number of benzene rings is 1. The Morgan fingerprint density at radius 1 is 1.71 bits per heavy atom. The van der Waals surface area contributed by atoms with Crippen molar-refractivity contribution in [1.82, 2.24) is 0 Å². The predicted octanol–water partition coefficient (Wildman–Crippen LogP) is 2.44. The number of aromatic hydroxyl groups is 1. The van der Waals surface area contributed by atoms with Gasteiger partial charge in [-0.1, -0.05) is 22.8 Å². The smallest absolute Gasteiger partial charge is 0.314 e. The second kappa shape index (κ2) is 5.98. The molecule has 0 aliphatic carbocycles. The monoisotopic (exact) mass is 255 g/mol. The number of rotatable bonds is 4. The van der Waals surface area contributed by atoms with Crippen molar-refractivity contribution in [2.45, 2.75) is 12.5 Å². The van der Waals surface area contributed by atoms with Gasteiger partial charge < -0.3 is 9.84 Å². The predicted molar refractivity (Wildman–Crippen MR) is 61.8 cm³/mol. The van der Waals surface area contributed by atoms with Crippen LogP contribution in [-0.4, -0.2) is 24.2 Å². The van der Waals surface area contributed by atoms with Crippen molar-refractivity contribution in [2.75, 3.05) is 7.11 Å². The molecule has 0 saturated carbocycles. The fourth-order valence-electron chi connectivity index (χ4n) is 1.27. The zero-order chi connectivity index (χ0) is 12.8. The van der Waals surface area contributed by atoms with Crippen LogP contribution in [0.2, 0.25) is 5.02 Å². The number of halogens is 1. The van der Waals surface area contributed by atoms with E-state index in [0.717, 1.165) is 0 Å². The van der Waals surface area contributed by atoms with E-state index >= 15 is 0 Å². The third kappa shape index (κ3) is 3.55. The van der Waals surface area contributed by atoms with Crippen molar-refractivity contribution in [1.29, 1.82) is 0 Å². The molecular formula is C10H10ClN3O3. The van der Waals surface area contributed by atoms with Gasteiger partial charge in [0.1, 0.15) is 11.8 Å². The topological polar surface area (TPSA) is 95.3 Å². The molecule has 0 amide bonds. The summed E-state index contributed by atoms with van der Waals surface area (Å²) in [5.74, 6) is -0.666. The van der Waals surface area contributed by atoms with Crippen LogP contribution < -0.4 is 0 Å². The summed E-state index contributed by atoms with van der Waals surface area (Å²) < 4.78 is 4.50. The summed E-state index contributed by atoms with van der Waals surface area (Å²) >= 11 is 5.72. The molecule has 0 aromatic heterocycles. The molecule has 0 saturated heterocycles. The first-order valence-electron chi connectivity index (χ1n) is 4.68. The van der Waals surface area contributed by atoms with Gasteiger partial charge >= 0.3 is 5.97 Å². The number of carbonyl (C=O) groups is 1. The first-order valence-corrected chi connectivity index (χ1v) is 5.05. The Morgan fingerprint density at radius 3 is 2.94 bits per heavy atom. The maximum Gasteiger partial charge on any atom is 0.314 e. The summed E-state index contributed by atoms with van der Waals surface area (Å²) in [6.07, 6.45) is 0.163. The normalized spacial score (nSPS) is 11.4. The van der Waals surface area contributed by atoms with E-state index in [-0.39, 0.29) is 17.2 Å². The molecule has 0 aliphatic heterocycles. The molecule has 0 bridgehead atoms. The van der Waals surface area contributed by atoms with E-state index in [0.29, 0.717) is 5.56 Å². The third-order valence-electron chi connectivity index (χ3n) is 2.11. The number of phenolic OH excluding ortho intramolecular Hbond substituents is 1. The van der Waals surface area contributed by atoms with Gasteiger partial charge in [-0.15, -0.1) is 0 Å². The molecule has 0 heterocycles. The number of hydrogen-bond acceptors (Lipinski definition) is 4. The van der Waals surface area contributed by atoms with Gasteiger partial charge in [0.25, 0.3) is 0 Å². The van der Waals surface area contributed by atoms with Crippen molar-refractivity contribution in [3.8, 4) is 5.75 Å². The molecule has 7 heteroatoms. The standard InChI is InChI=1S/C10H10ClN3O3/c1-17-10(16)8(13-14-12)5-6-2-3-9(15)7(11)4-6/h2-4,8,15H,5H2,1H3. The third-order valence-corrected chi connectivity index (χ3v) is 2.41. The van der Waals surface area contributed by atoms with Crippen LogP contribution >= 0.6 is 11.6 Å². The Bertz CT molecular complexity index is 472. The highest BCUT2D eigenvalue weighted by Crippen LogP contribution is 2.24. The number of hydrogen-bond donors (Lipinski definition) is 1. The molecule has 1 aromatic rings. The van der Waals surface area contributed by atoms with Gasteiger partial charge in [0.2, 0.25) is 0 Å². The molecule has 1 unspecified atom stereocenters.